The highest BCUT2D eigenvalue weighted by Gasteiger charge is 2.30. The Morgan fingerprint density at radius 2 is 2.00 bits per heavy atom. The maximum absolute atomic E-state index is 13.0. The molecule has 0 spiro atoms. The molecular formula is C22H25FN6O. The molecule has 0 saturated heterocycles. The van der Waals surface area contributed by atoms with Gasteiger partial charge in [0, 0.05) is 31.4 Å². The average molecular weight is 408 g/mol. The van der Waals surface area contributed by atoms with E-state index in [0.29, 0.717) is 13.1 Å². The molecule has 2 N–H and O–H groups in total. The fraction of sp³-hybridized carbons (Fsp3) is 0.318. The van der Waals surface area contributed by atoms with Gasteiger partial charge in [-0.05, 0) is 31.0 Å². The average Bonchev–Trinajstić information content (AvgIpc) is 3.17. The fourth-order valence-electron chi connectivity index (χ4n) is 3.74. The second-order valence-electron chi connectivity index (χ2n) is 7.54. The third-order valence-corrected chi connectivity index (χ3v) is 5.38. The van der Waals surface area contributed by atoms with E-state index < -0.39 is 0 Å². The van der Waals surface area contributed by atoms with Crippen LogP contribution in [0.15, 0.2) is 42.7 Å². The number of hydrogen-bond donors (Lipinski definition) is 2. The monoisotopic (exact) mass is 408 g/mol. The highest BCUT2D eigenvalue weighted by atomic mass is 19.1. The van der Waals surface area contributed by atoms with Crippen molar-refractivity contribution in [1.29, 1.82) is 0 Å². The summed E-state index contributed by atoms with van der Waals surface area (Å²) in [5, 5.41) is 10.7. The molecule has 0 saturated carbocycles. The zero-order chi connectivity index (χ0) is 21.3. The zero-order valence-electron chi connectivity index (χ0n) is 17.3. The van der Waals surface area contributed by atoms with Crippen molar-refractivity contribution < 1.29 is 9.18 Å². The number of halogens is 1. The number of nitrogens with zero attached hydrogens (tertiary/aromatic N) is 4. The number of rotatable bonds is 6. The van der Waals surface area contributed by atoms with Crippen LogP contribution < -0.4 is 15.5 Å². The summed E-state index contributed by atoms with van der Waals surface area (Å²) < 4.78 is 14.9. The molecule has 1 amide bonds. The molecule has 1 aliphatic heterocycles. The zero-order valence-corrected chi connectivity index (χ0v) is 17.3. The van der Waals surface area contributed by atoms with Gasteiger partial charge in [-0.2, -0.15) is 5.10 Å². The minimum absolute atomic E-state index is 0.00618. The Balaban J connectivity index is 1.45. The van der Waals surface area contributed by atoms with Crippen LogP contribution in [0, 0.1) is 12.7 Å². The Labute approximate surface area is 174 Å². The van der Waals surface area contributed by atoms with Crippen LogP contribution in [0.5, 0.6) is 0 Å². The van der Waals surface area contributed by atoms with E-state index in [0.717, 1.165) is 40.4 Å². The number of fused-ring (bicyclic) bond motifs is 1. The van der Waals surface area contributed by atoms with Crippen molar-refractivity contribution in [1.82, 2.24) is 14.8 Å². The van der Waals surface area contributed by atoms with Gasteiger partial charge in [-0.25, -0.2) is 9.37 Å². The lowest BCUT2D eigenvalue weighted by Gasteiger charge is -2.35. The molecule has 1 aromatic carbocycles. The molecule has 8 heteroatoms. The van der Waals surface area contributed by atoms with Crippen molar-refractivity contribution in [3.8, 4) is 0 Å². The quantitative estimate of drug-likeness (QED) is 0.652. The van der Waals surface area contributed by atoms with Crippen LogP contribution in [-0.4, -0.2) is 33.8 Å². The topological polar surface area (TPSA) is 75.1 Å². The van der Waals surface area contributed by atoms with E-state index >= 15 is 0 Å². The number of aromatic nitrogens is 3. The molecule has 3 aromatic rings. The molecule has 0 fully saturated rings. The largest absolute Gasteiger partial charge is 0.366 e. The minimum Gasteiger partial charge on any atom is -0.366 e. The number of nitrogens with one attached hydrogen (secondary N) is 2. The molecule has 0 bridgehead atoms. The predicted octanol–water partition coefficient (Wildman–Crippen LogP) is 3.55. The lowest BCUT2D eigenvalue weighted by Crippen LogP contribution is -2.45. The first-order chi connectivity index (χ1) is 14.4. The summed E-state index contributed by atoms with van der Waals surface area (Å²) in [6.07, 6.45) is 4.50. The Bertz CT molecular complexity index is 1060. The Morgan fingerprint density at radius 1 is 1.23 bits per heavy atom. The summed E-state index contributed by atoms with van der Waals surface area (Å²) in [5.74, 6) is 0.509. The van der Waals surface area contributed by atoms with Gasteiger partial charge in [-0.1, -0.05) is 19.1 Å². The number of carbonyl (C=O) groups is 1. The molecule has 4 rings (SSSR count). The van der Waals surface area contributed by atoms with Crippen LogP contribution in [0.2, 0.25) is 0 Å². The molecule has 156 valence electrons. The van der Waals surface area contributed by atoms with Crippen molar-refractivity contribution in [3.05, 3.63) is 65.4 Å². The number of benzene rings is 1. The van der Waals surface area contributed by atoms with Gasteiger partial charge < -0.3 is 15.5 Å². The van der Waals surface area contributed by atoms with Gasteiger partial charge >= 0.3 is 0 Å². The first kappa shape index (κ1) is 19.9. The maximum atomic E-state index is 13.0. The maximum Gasteiger partial charge on any atom is 0.247 e. The second-order valence-corrected chi connectivity index (χ2v) is 7.54. The number of carbonyl (C=O) groups excluding carboxylic acids is 1. The summed E-state index contributed by atoms with van der Waals surface area (Å²) in [7, 11) is 1.94. The fourth-order valence-corrected chi connectivity index (χ4v) is 3.74. The lowest BCUT2D eigenvalue weighted by molar-refractivity contribution is -0.117. The van der Waals surface area contributed by atoms with E-state index in [2.05, 4.69) is 20.7 Å². The van der Waals surface area contributed by atoms with Gasteiger partial charge in [0.25, 0.3) is 0 Å². The third-order valence-electron chi connectivity index (χ3n) is 5.38. The molecule has 0 unspecified atom stereocenters. The van der Waals surface area contributed by atoms with Gasteiger partial charge in [0.2, 0.25) is 5.91 Å². The highest BCUT2D eigenvalue weighted by Crippen LogP contribution is 2.35. The summed E-state index contributed by atoms with van der Waals surface area (Å²) in [5.41, 5.74) is 4.51. The molecular weight excluding hydrogens is 383 g/mol. The molecule has 0 radical (unpaired) electrons. The van der Waals surface area contributed by atoms with Crippen LogP contribution in [0.3, 0.4) is 0 Å². The molecule has 3 heterocycles. The molecule has 0 aliphatic carbocycles. The molecule has 1 aliphatic rings. The van der Waals surface area contributed by atoms with Crippen molar-refractivity contribution in [2.75, 3.05) is 22.6 Å². The van der Waals surface area contributed by atoms with Gasteiger partial charge in [0.05, 0.1) is 29.8 Å². The summed E-state index contributed by atoms with van der Waals surface area (Å²) >= 11 is 0. The highest BCUT2D eigenvalue weighted by molar-refractivity contribution is 6.04. The minimum atomic E-state index is -0.243. The summed E-state index contributed by atoms with van der Waals surface area (Å²) in [4.78, 5) is 18.9. The number of likely N-dealkylation sites (N-methyl/N-ethyl adjacent to an activating group) is 1. The van der Waals surface area contributed by atoms with Crippen LogP contribution in [-0.2, 0) is 17.9 Å². The van der Waals surface area contributed by atoms with Crippen molar-refractivity contribution in [2.45, 2.75) is 39.4 Å². The Morgan fingerprint density at radius 3 is 2.73 bits per heavy atom. The molecule has 7 nitrogen and oxygen atoms in total. The van der Waals surface area contributed by atoms with Gasteiger partial charge in [-0.15, -0.1) is 0 Å². The second kappa shape index (κ2) is 8.14. The van der Waals surface area contributed by atoms with Gasteiger partial charge in [0.1, 0.15) is 17.7 Å². The first-order valence-corrected chi connectivity index (χ1v) is 9.99. The number of anilines is 3. The van der Waals surface area contributed by atoms with Crippen molar-refractivity contribution in [2.24, 2.45) is 0 Å². The number of pyridine rings is 1. The van der Waals surface area contributed by atoms with Gasteiger partial charge in [0.15, 0.2) is 0 Å². The molecule has 30 heavy (non-hydrogen) atoms. The van der Waals surface area contributed by atoms with E-state index in [1.165, 1.54) is 12.1 Å². The number of aryl methyl sites for hydroxylation is 1. The van der Waals surface area contributed by atoms with Crippen LogP contribution in [0.4, 0.5) is 21.6 Å². The van der Waals surface area contributed by atoms with Gasteiger partial charge in [-0.3, -0.25) is 9.48 Å². The summed E-state index contributed by atoms with van der Waals surface area (Å²) in [6.45, 7) is 5.05. The summed E-state index contributed by atoms with van der Waals surface area (Å²) in [6, 6.07) is 8.20. The lowest BCUT2D eigenvalue weighted by atomic mass is 10.1. The predicted molar refractivity (Wildman–Crippen MR) is 115 cm³/mol. The smallest absolute Gasteiger partial charge is 0.247 e. The molecule has 1 atom stereocenters. The standard InChI is InChI=1S/C22H25FN6O/c1-4-18-22(30)27-21-14(2)26-20(9-19(21)28(18)3)24-10-16-11-25-29(13-16)12-15-5-7-17(23)8-6-15/h5-9,11,13,18H,4,10,12H2,1-3H3,(H,24,26)(H,27,30)/t18-/m0/s1. The Hall–Kier alpha value is -3.42. The normalized spacial score (nSPS) is 15.7. The van der Waals surface area contributed by atoms with E-state index in [-0.39, 0.29) is 17.8 Å². The van der Waals surface area contributed by atoms with E-state index in [1.54, 1.807) is 18.3 Å². The van der Waals surface area contributed by atoms with E-state index in [4.69, 9.17) is 0 Å². The third kappa shape index (κ3) is 3.98. The van der Waals surface area contributed by atoms with E-state index in [9.17, 15) is 9.18 Å². The number of amides is 1. The first-order valence-electron chi connectivity index (χ1n) is 9.99. The van der Waals surface area contributed by atoms with Crippen LogP contribution >= 0.6 is 0 Å². The van der Waals surface area contributed by atoms with E-state index in [1.807, 2.05) is 42.7 Å². The molecule has 2 aromatic heterocycles. The Kier molecular flexibility index (Phi) is 5.39. The number of hydrogen-bond acceptors (Lipinski definition) is 5. The van der Waals surface area contributed by atoms with Crippen molar-refractivity contribution >= 4 is 23.1 Å². The van der Waals surface area contributed by atoms with Crippen LogP contribution in [0.1, 0.15) is 30.2 Å². The SMILES string of the molecule is CC[C@H]1C(=O)Nc2c(cc(NCc3cnn(Cc4ccc(F)cc4)c3)nc2C)N1C. The van der Waals surface area contributed by atoms with Crippen LogP contribution in [0.25, 0.3) is 0 Å². The van der Waals surface area contributed by atoms with Crippen molar-refractivity contribution in [3.63, 3.8) is 0 Å².